The van der Waals surface area contributed by atoms with Crippen LogP contribution in [-0.2, 0) is 4.79 Å². The molecule has 1 unspecified atom stereocenters. The topological polar surface area (TPSA) is 47.5 Å². The van der Waals surface area contributed by atoms with Crippen LogP contribution in [0.3, 0.4) is 0 Å². The molecule has 0 radical (unpaired) electrons. The van der Waals surface area contributed by atoms with Gasteiger partial charge < -0.3 is 5.73 Å². The minimum absolute atomic E-state index is 0.383. The maximum atomic E-state index is 11.0. The van der Waals surface area contributed by atoms with E-state index in [1.807, 2.05) is 0 Å². The van der Waals surface area contributed by atoms with Crippen molar-refractivity contribution in [3.05, 3.63) is 0 Å². The molecule has 0 aliphatic carbocycles. The minimum atomic E-state index is 0.383. The molecule has 1 saturated heterocycles. The minimum Gasteiger partial charge on any atom is -0.330 e. The molecule has 0 aromatic carbocycles. The highest BCUT2D eigenvalue weighted by Crippen LogP contribution is 1.89. The average Bonchev–Trinajstić information content (AvgIpc) is 2.31. The first-order valence-electron chi connectivity index (χ1n) is 3.92. The first kappa shape index (κ1) is 7.69. The van der Waals surface area contributed by atoms with E-state index in [2.05, 4.69) is 0 Å². The normalized spacial score (nSPS) is 25.7. The molecular weight excluding hydrogens is 128 g/mol. The number of nitrogens with two attached hydrogens (primary N) is 1. The lowest BCUT2D eigenvalue weighted by Crippen LogP contribution is -3.12. The van der Waals surface area contributed by atoms with Crippen molar-refractivity contribution in [3.63, 3.8) is 0 Å². The van der Waals surface area contributed by atoms with Crippen molar-refractivity contribution in [3.8, 4) is 0 Å². The number of carbonyl (C=O) groups excluding carboxylic acids is 1. The fraction of sp³-hybridized carbons (Fsp3) is 0.857. The van der Waals surface area contributed by atoms with Crippen LogP contribution >= 0.6 is 0 Å². The molecule has 1 amide bonds. The lowest BCUT2D eigenvalue weighted by Gasteiger charge is -2.07. The fourth-order valence-electron chi connectivity index (χ4n) is 1.36. The molecule has 1 aliphatic heterocycles. The highest BCUT2D eigenvalue weighted by atomic mass is 16.2. The van der Waals surface area contributed by atoms with Crippen LogP contribution in [-0.4, -0.2) is 25.5 Å². The van der Waals surface area contributed by atoms with E-state index in [0.29, 0.717) is 12.5 Å². The summed E-state index contributed by atoms with van der Waals surface area (Å²) in [4.78, 5) is 12.1. The van der Waals surface area contributed by atoms with Gasteiger partial charge in [0.05, 0.1) is 19.5 Å². The molecule has 1 rings (SSSR count). The molecule has 3 nitrogen and oxygen atoms in total. The van der Waals surface area contributed by atoms with E-state index in [1.165, 1.54) is 0 Å². The summed E-state index contributed by atoms with van der Waals surface area (Å²) in [6.45, 7) is 2.67. The molecule has 1 aliphatic rings. The maximum absolute atomic E-state index is 11.0. The Bertz CT molecular complexity index is 125. The smallest absolute Gasteiger partial charge is 0.312 e. The van der Waals surface area contributed by atoms with Gasteiger partial charge in [-0.25, -0.2) is 4.79 Å². The van der Waals surface area contributed by atoms with Crippen molar-refractivity contribution in [1.29, 1.82) is 0 Å². The monoisotopic (exact) mass is 143 g/mol. The molecule has 0 spiro atoms. The highest BCUT2D eigenvalue weighted by Gasteiger charge is 2.24. The van der Waals surface area contributed by atoms with Gasteiger partial charge in [-0.2, -0.15) is 0 Å². The van der Waals surface area contributed by atoms with E-state index >= 15 is 0 Å². The predicted octanol–water partition coefficient (Wildman–Crippen LogP) is -1.46. The average molecular weight is 143 g/mol. The standard InChI is InChI=1S/C7H14N2O/c8-4-2-6-9-5-1-3-7(9)10/h1-6,8H2/p+1. The van der Waals surface area contributed by atoms with E-state index in [9.17, 15) is 4.79 Å². The molecule has 58 valence electrons. The van der Waals surface area contributed by atoms with Gasteiger partial charge >= 0.3 is 5.91 Å². The second-order valence-corrected chi connectivity index (χ2v) is 2.77. The fourth-order valence-corrected chi connectivity index (χ4v) is 1.36. The molecule has 10 heavy (non-hydrogen) atoms. The molecule has 0 bridgehead atoms. The summed E-state index contributed by atoms with van der Waals surface area (Å²) in [5, 5.41) is 0. The van der Waals surface area contributed by atoms with E-state index in [-0.39, 0.29) is 0 Å². The maximum Gasteiger partial charge on any atom is 0.312 e. The van der Waals surface area contributed by atoms with Gasteiger partial charge in [-0.3, -0.25) is 4.90 Å². The van der Waals surface area contributed by atoms with Crippen molar-refractivity contribution in [1.82, 2.24) is 0 Å². The Morgan fingerprint density at radius 2 is 2.40 bits per heavy atom. The number of nitrogens with one attached hydrogen (secondary N) is 1. The number of quaternary nitrogens is 1. The number of carbonyl (C=O) groups is 1. The molecule has 3 N–H and O–H groups in total. The van der Waals surface area contributed by atoms with Crippen LogP contribution in [0.5, 0.6) is 0 Å². The highest BCUT2D eigenvalue weighted by molar-refractivity contribution is 5.67. The lowest BCUT2D eigenvalue weighted by molar-refractivity contribution is -0.811. The number of amides is 1. The Kier molecular flexibility index (Phi) is 2.83. The van der Waals surface area contributed by atoms with E-state index in [0.717, 1.165) is 37.3 Å². The van der Waals surface area contributed by atoms with Crippen molar-refractivity contribution in [2.45, 2.75) is 19.3 Å². The first-order chi connectivity index (χ1) is 4.84. The third-order valence-electron chi connectivity index (χ3n) is 1.96. The molecule has 1 fully saturated rings. The van der Waals surface area contributed by atoms with Crippen LogP contribution in [0.4, 0.5) is 0 Å². The van der Waals surface area contributed by atoms with Crippen LogP contribution in [0.25, 0.3) is 0 Å². The van der Waals surface area contributed by atoms with Crippen LogP contribution in [0, 0.1) is 0 Å². The molecule has 3 heteroatoms. The Labute approximate surface area is 61.2 Å². The third kappa shape index (κ3) is 1.78. The molecule has 1 heterocycles. The number of rotatable bonds is 3. The van der Waals surface area contributed by atoms with Crippen molar-refractivity contribution in [2.24, 2.45) is 5.73 Å². The van der Waals surface area contributed by atoms with Gasteiger partial charge in [0, 0.05) is 12.8 Å². The summed E-state index contributed by atoms with van der Waals surface area (Å²) in [7, 11) is 0. The third-order valence-corrected chi connectivity index (χ3v) is 1.96. The van der Waals surface area contributed by atoms with Crippen LogP contribution in [0.15, 0.2) is 0 Å². The molecule has 1 atom stereocenters. The van der Waals surface area contributed by atoms with Gasteiger partial charge in [0.2, 0.25) is 0 Å². The molecule has 0 saturated carbocycles. The zero-order valence-corrected chi connectivity index (χ0v) is 6.23. The number of hydrogen-bond acceptors (Lipinski definition) is 2. The Hall–Kier alpha value is -0.410. The molecular formula is C7H15N2O+. The summed E-state index contributed by atoms with van der Waals surface area (Å²) >= 11 is 0. The molecule has 0 aromatic heterocycles. The molecule has 0 aromatic rings. The SMILES string of the molecule is NCCC[NH+]1CCCC1=O. The first-order valence-corrected chi connectivity index (χ1v) is 3.92. The second-order valence-electron chi connectivity index (χ2n) is 2.77. The van der Waals surface area contributed by atoms with E-state index in [1.54, 1.807) is 0 Å². The van der Waals surface area contributed by atoms with E-state index < -0.39 is 0 Å². The van der Waals surface area contributed by atoms with Gasteiger partial charge in [0.1, 0.15) is 0 Å². The predicted molar refractivity (Wildman–Crippen MR) is 38.6 cm³/mol. The second kappa shape index (κ2) is 3.68. The van der Waals surface area contributed by atoms with Crippen LogP contribution in [0.1, 0.15) is 19.3 Å². The number of likely N-dealkylation sites (tertiary alicyclic amines) is 1. The Balaban J connectivity index is 2.20. The zero-order valence-electron chi connectivity index (χ0n) is 6.23. The summed E-state index contributed by atoms with van der Waals surface area (Å²) in [6, 6.07) is 0. The summed E-state index contributed by atoms with van der Waals surface area (Å²) in [5.74, 6) is 0.383. The van der Waals surface area contributed by atoms with Crippen LogP contribution < -0.4 is 10.6 Å². The quantitative estimate of drug-likeness (QED) is 0.507. The van der Waals surface area contributed by atoms with Gasteiger partial charge in [-0.05, 0) is 6.54 Å². The van der Waals surface area contributed by atoms with Gasteiger partial charge in [-0.1, -0.05) is 0 Å². The Morgan fingerprint density at radius 3 is 2.90 bits per heavy atom. The number of hydrogen-bond donors (Lipinski definition) is 2. The van der Waals surface area contributed by atoms with Crippen molar-refractivity contribution in [2.75, 3.05) is 19.6 Å². The van der Waals surface area contributed by atoms with Crippen molar-refractivity contribution >= 4 is 5.91 Å². The summed E-state index contributed by atoms with van der Waals surface area (Å²) in [6.07, 6.45) is 2.82. The Morgan fingerprint density at radius 1 is 1.60 bits per heavy atom. The van der Waals surface area contributed by atoms with Gasteiger partial charge in [0.15, 0.2) is 0 Å². The summed E-state index contributed by atoms with van der Waals surface area (Å²) < 4.78 is 0. The lowest BCUT2D eigenvalue weighted by atomic mass is 10.4. The van der Waals surface area contributed by atoms with Gasteiger partial charge in [0.25, 0.3) is 0 Å². The summed E-state index contributed by atoms with van der Waals surface area (Å²) in [5.41, 5.74) is 5.33. The zero-order chi connectivity index (χ0) is 7.40. The van der Waals surface area contributed by atoms with Crippen molar-refractivity contribution < 1.29 is 9.69 Å². The van der Waals surface area contributed by atoms with E-state index in [4.69, 9.17) is 5.73 Å². The van der Waals surface area contributed by atoms with Crippen LogP contribution in [0.2, 0.25) is 0 Å². The van der Waals surface area contributed by atoms with Gasteiger partial charge in [-0.15, -0.1) is 0 Å². The largest absolute Gasteiger partial charge is 0.330 e.